The molecule has 0 N–H and O–H groups in total. The summed E-state index contributed by atoms with van der Waals surface area (Å²) in [6.07, 6.45) is 3.65. The van der Waals surface area contributed by atoms with Crippen LogP contribution in [0.2, 0.25) is 0 Å². The van der Waals surface area contributed by atoms with E-state index in [2.05, 4.69) is 9.97 Å². The standard InChI is InChI=1S/C17H17N3O5/c1-22-15-7-18-8-16(19-15)25-12-4-5-20(9-12)17(21)11-2-3-13-14(6-11)24-10-23-13/h2-3,6-8,12H,4-5,9-10H2,1H3/t12-/m1/s1. The number of methoxy groups -OCH3 is 1. The van der Waals surface area contributed by atoms with Crippen molar-refractivity contribution in [2.75, 3.05) is 27.0 Å². The molecule has 2 aromatic rings. The number of hydrogen-bond donors (Lipinski definition) is 0. The second-order valence-electron chi connectivity index (χ2n) is 5.75. The maximum atomic E-state index is 12.7. The lowest BCUT2D eigenvalue weighted by Crippen LogP contribution is -2.31. The molecule has 4 rings (SSSR count). The molecular formula is C17H17N3O5. The van der Waals surface area contributed by atoms with Gasteiger partial charge in [0.05, 0.1) is 26.0 Å². The van der Waals surface area contributed by atoms with Crippen molar-refractivity contribution in [1.82, 2.24) is 14.9 Å². The second-order valence-corrected chi connectivity index (χ2v) is 5.75. The molecule has 1 aromatic heterocycles. The lowest BCUT2D eigenvalue weighted by molar-refractivity contribution is 0.0770. The van der Waals surface area contributed by atoms with Crippen molar-refractivity contribution in [2.45, 2.75) is 12.5 Å². The van der Waals surface area contributed by atoms with Gasteiger partial charge in [-0.2, -0.15) is 4.98 Å². The number of rotatable bonds is 4. The van der Waals surface area contributed by atoms with E-state index in [0.29, 0.717) is 41.9 Å². The zero-order valence-electron chi connectivity index (χ0n) is 13.7. The van der Waals surface area contributed by atoms with Gasteiger partial charge in [0.1, 0.15) is 6.10 Å². The summed E-state index contributed by atoms with van der Waals surface area (Å²) in [4.78, 5) is 22.6. The Bertz CT molecular complexity index is 798. The number of benzene rings is 1. The molecular weight excluding hydrogens is 326 g/mol. The van der Waals surface area contributed by atoms with E-state index in [1.807, 2.05) is 0 Å². The third-order valence-corrected chi connectivity index (χ3v) is 4.14. The third-order valence-electron chi connectivity index (χ3n) is 4.14. The molecule has 0 spiro atoms. The van der Waals surface area contributed by atoms with Crippen molar-refractivity contribution in [3.63, 3.8) is 0 Å². The summed E-state index contributed by atoms with van der Waals surface area (Å²) in [5, 5.41) is 0. The summed E-state index contributed by atoms with van der Waals surface area (Å²) >= 11 is 0. The average molecular weight is 343 g/mol. The molecule has 1 amide bonds. The minimum atomic E-state index is -0.126. The number of hydrogen-bond acceptors (Lipinski definition) is 7. The first-order valence-electron chi connectivity index (χ1n) is 7.94. The van der Waals surface area contributed by atoms with Crippen LogP contribution in [0.25, 0.3) is 0 Å². The zero-order chi connectivity index (χ0) is 17.2. The zero-order valence-corrected chi connectivity index (χ0v) is 13.7. The van der Waals surface area contributed by atoms with E-state index in [-0.39, 0.29) is 18.8 Å². The maximum Gasteiger partial charge on any atom is 0.254 e. The lowest BCUT2D eigenvalue weighted by atomic mass is 10.2. The fourth-order valence-electron chi connectivity index (χ4n) is 2.88. The molecule has 0 radical (unpaired) electrons. The number of carbonyl (C=O) groups is 1. The molecule has 0 saturated carbocycles. The van der Waals surface area contributed by atoms with Gasteiger partial charge in [0.25, 0.3) is 5.91 Å². The van der Waals surface area contributed by atoms with E-state index in [9.17, 15) is 4.79 Å². The van der Waals surface area contributed by atoms with Crippen molar-refractivity contribution < 1.29 is 23.7 Å². The van der Waals surface area contributed by atoms with Gasteiger partial charge in [-0.25, -0.2) is 0 Å². The van der Waals surface area contributed by atoms with Gasteiger partial charge in [0, 0.05) is 18.5 Å². The van der Waals surface area contributed by atoms with E-state index >= 15 is 0 Å². The average Bonchev–Trinajstić information content (AvgIpc) is 3.29. The number of amides is 1. The lowest BCUT2D eigenvalue weighted by Gasteiger charge is -2.17. The van der Waals surface area contributed by atoms with Crippen LogP contribution in [0, 0.1) is 0 Å². The highest BCUT2D eigenvalue weighted by atomic mass is 16.7. The Hall–Kier alpha value is -3.03. The van der Waals surface area contributed by atoms with Gasteiger partial charge < -0.3 is 23.8 Å². The molecule has 0 unspecified atom stereocenters. The van der Waals surface area contributed by atoms with Crippen LogP contribution in [0.5, 0.6) is 23.3 Å². The maximum absolute atomic E-state index is 12.7. The Kier molecular flexibility index (Phi) is 4.01. The number of nitrogens with zero attached hydrogens (tertiary/aromatic N) is 3. The minimum Gasteiger partial charge on any atom is -0.480 e. The molecule has 130 valence electrons. The molecule has 8 nitrogen and oxygen atoms in total. The predicted molar refractivity (Wildman–Crippen MR) is 86.1 cm³/mol. The summed E-state index contributed by atoms with van der Waals surface area (Å²) in [6.45, 7) is 1.30. The quantitative estimate of drug-likeness (QED) is 0.832. The monoisotopic (exact) mass is 343 g/mol. The van der Waals surface area contributed by atoms with E-state index in [0.717, 1.165) is 6.42 Å². The van der Waals surface area contributed by atoms with Crippen molar-refractivity contribution >= 4 is 5.91 Å². The Morgan fingerprint density at radius 3 is 2.96 bits per heavy atom. The second kappa shape index (κ2) is 6.46. The molecule has 2 aliphatic heterocycles. The Morgan fingerprint density at radius 1 is 1.24 bits per heavy atom. The van der Waals surface area contributed by atoms with E-state index in [4.69, 9.17) is 18.9 Å². The van der Waals surface area contributed by atoms with Crippen LogP contribution in [0.3, 0.4) is 0 Å². The van der Waals surface area contributed by atoms with Crippen LogP contribution < -0.4 is 18.9 Å². The highest BCUT2D eigenvalue weighted by Crippen LogP contribution is 2.33. The first-order valence-corrected chi connectivity index (χ1v) is 7.94. The highest BCUT2D eigenvalue weighted by molar-refractivity contribution is 5.95. The van der Waals surface area contributed by atoms with E-state index < -0.39 is 0 Å². The van der Waals surface area contributed by atoms with Crippen LogP contribution in [-0.4, -0.2) is 53.9 Å². The van der Waals surface area contributed by atoms with E-state index in [1.54, 1.807) is 23.1 Å². The smallest absolute Gasteiger partial charge is 0.254 e. The van der Waals surface area contributed by atoms with Crippen LogP contribution in [0.4, 0.5) is 0 Å². The summed E-state index contributed by atoms with van der Waals surface area (Å²) < 4.78 is 21.4. The van der Waals surface area contributed by atoms with Crippen LogP contribution in [-0.2, 0) is 0 Å². The number of ether oxygens (including phenoxy) is 4. The summed E-state index contributed by atoms with van der Waals surface area (Å²) in [7, 11) is 1.52. The van der Waals surface area contributed by atoms with Gasteiger partial charge in [-0.1, -0.05) is 0 Å². The van der Waals surface area contributed by atoms with E-state index in [1.165, 1.54) is 19.5 Å². The summed E-state index contributed by atoms with van der Waals surface area (Å²) in [5.74, 6) is 1.99. The molecule has 1 saturated heterocycles. The molecule has 1 aromatic carbocycles. The Labute approximate surface area is 144 Å². The van der Waals surface area contributed by atoms with Crippen molar-refractivity contribution in [1.29, 1.82) is 0 Å². The van der Waals surface area contributed by atoms with Gasteiger partial charge >= 0.3 is 0 Å². The normalized spacial score (nSPS) is 18.3. The van der Waals surface area contributed by atoms with Crippen molar-refractivity contribution in [2.24, 2.45) is 0 Å². The summed E-state index contributed by atoms with van der Waals surface area (Å²) in [5.41, 5.74) is 0.575. The molecule has 0 aliphatic carbocycles. The predicted octanol–water partition coefficient (Wildman–Crippen LogP) is 1.51. The highest BCUT2D eigenvalue weighted by Gasteiger charge is 2.29. The molecule has 8 heteroatoms. The van der Waals surface area contributed by atoms with Gasteiger partial charge in [0.15, 0.2) is 11.5 Å². The Morgan fingerprint density at radius 2 is 2.08 bits per heavy atom. The van der Waals surface area contributed by atoms with Crippen LogP contribution in [0.1, 0.15) is 16.8 Å². The fraction of sp³-hybridized carbons (Fsp3) is 0.353. The number of fused-ring (bicyclic) bond motifs is 1. The first-order chi connectivity index (χ1) is 12.2. The number of carbonyl (C=O) groups excluding carboxylic acids is 1. The fourth-order valence-corrected chi connectivity index (χ4v) is 2.88. The van der Waals surface area contributed by atoms with Gasteiger partial charge in [-0.3, -0.25) is 9.78 Å². The molecule has 1 atom stereocenters. The number of aromatic nitrogens is 2. The van der Waals surface area contributed by atoms with Crippen molar-refractivity contribution in [3.05, 3.63) is 36.2 Å². The molecule has 0 bridgehead atoms. The summed E-state index contributed by atoms with van der Waals surface area (Å²) in [6, 6.07) is 5.22. The topological polar surface area (TPSA) is 83.0 Å². The van der Waals surface area contributed by atoms with Gasteiger partial charge in [-0.15, -0.1) is 0 Å². The van der Waals surface area contributed by atoms with Crippen molar-refractivity contribution in [3.8, 4) is 23.3 Å². The molecule has 2 aliphatic rings. The van der Waals surface area contributed by atoms with Gasteiger partial charge in [-0.05, 0) is 18.2 Å². The molecule has 3 heterocycles. The Balaban J connectivity index is 1.40. The third kappa shape index (κ3) is 3.15. The number of likely N-dealkylation sites (tertiary alicyclic amines) is 1. The largest absolute Gasteiger partial charge is 0.480 e. The van der Waals surface area contributed by atoms with Gasteiger partial charge in [0.2, 0.25) is 18.6 Å². The molecule has 1 fully saturated rings. The SMILES string of the molecule is COc1cncc(O[C@@H]2CCN(C(=O)c3ccc4c(c3)OCO4)C2)n1. The van der Waals surface area contributed by atoms with Crippen LogP contribution >= 0.6 is 0 Å². The first kappa shape index (κ1) is 15.5. The van der Waals surface area contributed by atoms with Crippen LogP contribution in [0.15, 0.2) is 30.6 Å². The molecule has 25 heavy (non-hydrogen) atoms. The minimum absolute atomic E-state index is 0.0545.